The van der Waals surface area contributed by atoms with Crippen molar-refractivity contribution < 1.29 is 0 Å². The summed E-state index contributed by atoms with van der Waals surface area (Å²) in [5.41, 5.74) is 0. The third-order valence-electron chi connectivity index (χ3n) is 3.76. The number of nitrogens with one attached hydrogen (secondary N) is 1. The van der Waals surface area contributed by atoms with Gasteiger partial charge in [-0.05, 0) is 56.8 Å². The second-order valence-electron chi connectivity index (χ2n) is 5.10. The van der Waals surface area contributed by atoms with Gasteiger partial charge in [-0.15, -0.1) is 11.3 Å². The predicted octanol–water partition coefficient (Wildman–Crippen LogP) is 2.96. The Morgan fingerprint density at radius 3 is 2.94 bits per heavy atom. The molecule has 0 saturated heterocycles. The molecule has 3 heteroatoms. The van der Waals surface area contributed by atoms with Gasteiger partial charge in [-0.1, -0.05) is 13.0 Å². The van der Waals surface area contributed by atoms with E-state index in [0.717, 1.165) is 25.0 Å². The van der Waals surface area contributed by atoms with Crippen molar-refractivity contribution in [3.63, 3.8) is 0 Å². The predicted molar refractivity (Wildman–Crippen MR) is 75.5 cm³/mol. The Balaban J connectivity index is 1.73. The molecule has 0 aromatic carbocycles. The summed E-state index contributed by atoms with van der Waals surface area (Å²) < 4.78 is 0. The average molecular weight is 252 g/mol. The van der Waals surface area contributed by atoms with Gasteiger partial charge in [-0.25, -0.2) is 0 Å². The third kappa shape index (κ3) is 3.54. The van der Waals surface area contributed by atoms with Crippen molar-refractivity contribution in [3.05, 3.63) is 22.4 Å². The monoisotopic (exact) mass is 252 g/mol. The third-order valence-corrected chi connectivity index (χ3v) is 4.62. The van der Waals surface area contributed by atoms with E-state index < -0.39 is 0 Å². The van der Waals surface area contributed by atoms with Crippen LogP contribution in [-0.2, 0) is 6.54 Å². The van der Waals surface area contributed by atoms with Gasteiger partial charge in [0.1, 0.15) is 0 Å². The first-order valence-electron chi connectivity index (χ1n) is 6.74. The zero-order chi connectivity index (χ0) is 12.1. The topological polar surface area (TPSA) is 15.3 Å². The van der Waals surface area contributed by atoms with Crippen molar-refractivity contribution in [1.29, 1.82) is 0 Å². The minimum atomic E-state index is 0.793. The Bertz CT molecular complexity index is 310. The van der Waals surface area contributed by atoms with Crippen molar-refractivity contribution >= 4 is 11.3 Å². The fourth-order valence-electron chi connectivity index (χ4n) is 2.60. The quantitative estimate of drug-likeness (QED) is 0.751. The minimum absolute atomic E-state index is 0.793. The highest BCUT2D eigenvalue weighted by atomic mass is 32.1. The van der Waals surface area contributed by atoms with Gasteiger partial charge < -0.3 is 5.32 Å². The Morgan fingerprint density at radius 1 is 1.47 bits per heavy atom. The van der Waals surface area contributed by atoms with Crippen LogP contribution in [0, 0.1) is 5.92 Å². The molecule has 1 aliphatic carbocycles. The van der Waals surface area contributed by atoms with Crippen LogP contribution in [0.5, 0.6) is 0 Å². The molecule has 0 bridgehead atoms. The minimum Gasteiger partial charge on any atom is -0.316 e. The van der Waals surface area contributed by atoms with E-state index in [2.05, 4.69) is 41.7 Å². The lowest BCUT2D eigenvalue weighted by Gasteiger charge is -2.43. The van der Waals surface area contributed by atoms with E-state index in [1.807, 2.05) is 11.3 Å². The Labute approximate surface area is 109 Å². The fraction of sp³-hybridized carbons (Fsp3) is 0.714. The lowest BCUT2D eigenvalue weighted by Crippen LogP contribution is -2.48. The maximum absolute atomic E-state index is 3.56. The van der Waals surface area contributed by atoms with Crippen molar-refractivity contribution in [2.75, 3.05) is 20.1 Å². The summed E-state index contributed by atoms with van der Waals surface area (Å²) in [4.78, 5) is 4.02. The summed E-state index contributed by atoms with van der Waals surface area (Å²) in [6, 6.07) is 5.18. The van der Waals surface area contributed by atoms with E-state index in [0.29, 0.717) is 0 Å². The summed E-state index contributed by atoms with van der Waals surface area (Å²) >= 11 is 1.87. The molecule has 2 nitrogen and oxygen atoms in total. The van der Waals surface area contributed by atoms with Crippen LogP contribution >= 0.6 is 11.3 Å². The second kappa shape index (κ2) is 6.53. The molecular weight excluding hydrogens is 228 g/mol. The summed E-state index contributed by atoms with van der Waals surface area (Å²) in [6.07, 6.45) is 4.01. The maximum atomic E-state index is 3.56. The van der Waals surface area contributed by atoms with E-state index in [1.165, 1.54) is 30.7 Å². The molecule has 2 atom stereocenters. The standard InChI is InChI=1S/C14H24N2S/c1-3-8-15-10-12-6-7-14(12)16(2)11-13-5-4-9-17-13/h4-5,9,12,14-15H,3,6-8,10-11H2,1-2H3. The molecule has 1 heterocycles. The van der Waals surface area contributed by atoms with Gasteiger partial charge in [0.15, 0.2) is 0 Å². The molecule has 1 aliphatic rings. The molecule has 0 radical (unpaired) electrons. The van der Waals surface area contributed by atoms with E-state index in [9.17, 15) is 0 Å². The lowest BCUT2D eigenvalue weighted by atomic mass is 9.78. The molecule has 17 heavy (non-hydrogen) atoms. The SMILES string of the molecule is CCCNCC1CCC1N(C)Cc1cccs1. The number of hydrogen-bond acceptors (Lipinski definition) is 3. The number of thiophene rings is 1. The largest absolute Gasteiger partial charge is 0.316 e. The van der Waals surface area contributed by atoms with Crippen molar-refractivity contribution in [3.8, 4) is 0 Å². The van der Waals surface area contributed by atoms with Crippen LogP contribution in [-0.4, -0.2) is 31.1 Å². The zero-order valence-electron chi connectivity index (χ0n) is 11.0. The Hall–Kier alpha value is -0.380. The zero-order valence-corrected chi connectivity index (χ0v) is 11.8. The van der Waals surface area contributed by atoms with Crippen LogP contribution in [0.4, 0.5) is 0 Å². The average Bonchev–Trinajstić information content (AvgIpc) is 2.75. The summed E-state index contributed by atoms with van der Waals surface area (Å²) in [5, 5.41) is 5.73. The van der Waals surface area contributed by atoms with E-state index in [-0.39, 0.29) is 0 Å². The van der Waals surface area contributed by atoms with Gasteiger partial charge in [0.05, 0.1) is 0 Å². The number of hydrogen-bond donors (Lipinski definition) is 1. The van der Waals surface area contributed by atoms with Gasteiger partial charge >= 0.3 is 0 Å². The molecule has 1 saturated carbocycles. The van der Waals surface area contributed by atoms with Gasteiger partial charge in [0, 0.05) is 17.5 Å². The maximum Gasteiger partial charge on any atom is 0.0327 e. The van der Waals surface area contributed by atoms with Crippen LogP contribution in [0.25, 0.3) is 0 Å². The smallest absolute Gasteiger partial charge is 0.0327 e. The van der Waals surface area contributed by atoms with E-state index >= 15 is 0 Å². The molecule has 96 valence electrons. The molecule has 1 N–H and O–H groups in total. The summed E-state index contributed by atoms with van der Waals surface area (Å²) in [7, 11) is 2.27. The molecule has 1 aromatic heterocycles. The fourth-order valence-corrected chi connectivity index (χ4v) is 3.37. The first-order chi connectivity index (χ1) is 8.31. The van der Waals surface area contributed by atoms with E-state index in [4.69, 9.17) is 0 Å². The highest BCUT2D eigenvalue weighted by Gasteiger charge is 2.33. The number of nitrogens with zero attached hydrogens (tertiary/aromatic N) is 1. The van der Waals surface area contributed by atoms with Gasteiger partial charge in [0.2, 0.25) is 0 Å². The molecule has 1 aromatic rings. The first-order valence-corrected chi connectivity index (χ1v) is 7.62. The van der Waals surface area contributed by atoms with Crippen LogP contribution in [0.3, 0.4) is 0 Å². The van der Waals surface area contributed by atoms with Crippen LogP contribution in [0.2, 0.25) is 0 Å². The molecule has 2 unspecified atom stereocenters. The van der Waals surface area contributed by atoms with Gasteiger partial charge in [-0.3, -0.25) is 4.90 Å². The molecular formula is C14H24N2S. The van der Waals surface area contributed by atoms with Crippen LogP contribution in [0.1, 0.15) is 31.1 Å². The highest BCUT2D eigenvalue weighted by molar-refractivity contribution is 7.09. The molecule has 0 spiro atoms. The molecule has 2 rings (SSSR count). The second-order valence-corrected chi connectivity index (χ2v) is 6.14. The lowest BCUT2D eigenvalue weighted by molar-refractivity contribution is 0.0790. The van der Waals surface area contributed by atoms with Crippen molar-refractivity contribution in [2.24, 2.45) is 5.92 Å². The molecule has 1 fully saturated rings. The summed E-state index contributed by atoms with van der Waals surface area (Å²) in [6.45, 7) is 5.71. The van der Waals surface area contributed by atoms with Crippen molar-refractivity contribution in [2.45, 2.75) is 38.8 Å². The summed E-state index contributed by atoms with van der Waals surface area (Å²) in [5.74, 6) is 0.867. The molecule has 0 amide bonds. The number of rotatable bonds is 7. The Kier molecular flexibility index (Phi) is 5.01. The van der Waals surface area contributed by atoms with Crippen LogP contribution < -0.4 is 5.32 Å². The molecule has 0 aliphatic heterocycles. The van der Waals surface area contributed by atoms with Crippen molar-refractivity contribution in [1.82, 2.24) is 10.2 Å². The Morgan fingerprint density at radius 2 is 2.35 bits per heavy atom. The van der Waals surface area contributed by atoms with Crippen LogP contribution in [0.15, 0.2) is 17.5 Å². The van der Waals surface area contributed by atoms with Gasteiger partial charge in [-0.2, -0.15) is 0 Å². The van der Waals surface area contributed by atoms with E-state index in [1.54, 1.807) is 0 Å². The first kappa shape index (κ1) is 13.1. The highest BCUT2D eigenvalue weighted by Crippen LogP contribution is 2.32. The van der Waals surface area contributed by atoms with Gasteiger partial charge in [0.25, 0.3) is 0 Å². The normalized spacial score (nSPS) is 23.9.